The van der Waals surface area contributed by atoms with Crippen LogP contribution < -0.4 is 0 Å². The molecular weight excluding hydrogens is 540 g/mol. The maximum Gasteiger partial charge on any atom is 0.338 e. The minimum absolute atomic E-state index is 0.115. The summed E-state index contributed by atoms with van der Waals surface area (Å²) in [6, 6.07) is 15.3. The number of carbonyl (C=O) groups excluding carboxylic acids is 1. The van der Waals surface area contributed by atoms with E-state index in [0.29, 0.717) is 24.5 Å². The Morgan fingerprint density at radius 2 is 1.79 bits per heavy atom. The number of ether oxygens (including phenoxy) is 3. The smallest absolute Gasteiger partial charge is 0.338 e. The van der Waals surface area contributed by atoms with Crippen LogP contribution in [0.3, 0.4) is 0 Å². The zero-order valence-corrected chi connectivity index (χ0v) is 28.0. The maximum atomic E-state index is 13.1. The van der Waals surface area contributed by atoms with Gasteiger partial charge in [0.1, 0.15) is 12.2 Å². The van der Waals surface area contributed by atoms with Crippen molar-refractivity contribution in [1.82, 2.24) is 0 Å². The van der Waals surface area contributed by atoms with Gasteiger partial charge in [-0.2, -0.15) is 0 Å². The Labute approximate surface area is 254 Å². The average molecular weight is 591 g/mol. The molecule has 1 fully saturated rings. The Kier molecular flexibility index (Phi) is 11.8. The van der Waals surface area contributed by atoms with Crippen LogP contribution in [-0.2, 0) is 20.6 Å². The molecule has 0 aliphatic carbocycles. The predicted molar refractivity (Wildman–Crippen MR) is 174 cm³/mol. The number of aliphatic hydroxyl groups is 1. The quantitative estimate of drug-likeness (QED) is 0.166. The molecule has 42 heavy (non-hydrogen) atoms. The van der Waals surface area contributed by atoms with Crippen molar-refractivity contribution in [1.29, 1.82) is 0 Å². The highest BCUT2D eigenvalue weighted by molar-refractivity contribution is 6.76. The first-order valence-corrected chi connectivity index (χ1v) is 18.9. The SMILES string of the molecule is Cc1cc(C)c(C(=O)OCC[Si](C)(C)C)c(/C=C/C[C@@H]2OC(C)(C)O[C@@H]2C(O)C#C[C@H](Cc2ccccc2)C(C)C)c1. The van der Waals surface area contributed by atoms with Crippen LogP contribution in [0.15, 0.2) is 48.5 Å². The van der Waals surface area contributed by atoms with Crippen molar-refractivity contribution in [2.45, 2.75) is 104 Å². The van der Waals surface area contributed by atoms with Gasteiger partial charge in [-0.1, -0.05) is 106 Å². The third kappa shape index (κ3) is 10.2. The summed E-state index contributed by atoms with van der Waals surface area (Å²) in [7, 11) is -1.31. The van der Waals surface area contributed by atoms with Crippen LogP contribution in [0.4, 0.5) is 0 Å². The maximum absolute atomic E-state index is 13.1. The van der Waals surface area contributed by atoms with Crippen LogP contribution in [0.5, 0.6) is 0 Å². The van der Waals surface area contributed by atoms with Crippen LogP contribution in [0.1, 0.15) is 66.7 Å². The van der Waals surface area contributed by atoms with E-state index in [-0.39, 0.29) is 18.0 Å². The molecular formula is C36H50O5Si. The molecule has 2 aromatic rings. The first-order valence-electron chi connectivity index (χ1n) is 15.2. The highest BCUT2D eigenvalue weighted by Crippen LogP contribution is 2.32. The largest absolute Gasteiger partial charge is 0.462 e. The summed E-state index contributed by atoms with van der Waals surface area (Å²) in [6.45, 7) is 19.2. The molecule has 3 rings (SSSR count). The fourth-order valence-corrected chi connectivity index (χ4v) is 5.89. The topological polar surface area (TPSA) is 65.0 Å². The van der Waals surface area contributed by atoms with Gasteiger partial charge in [0.15, 0.2) is 5.79 Å². The molecule has 1 unspecified atom stereocenters. The number of rotatable bonds is 11. The highest BCUT2D eigenvalue weighted by atomic mass is 28.3. The van der Waals surface area contributed by atoms with Gasteiger partial charge >= 0.3 is 5.97 Å². The van der Waals surface area contributed by atoms with Crippen molar-refractivity contribution >= 4 is 20.1 Å². The Balaban J connectivity index is 1.74. The van der Waals surface area contributed by atoms with E-state index < -0.39 is 26.1 Å². The number of benzene rings is 2. The summed E-state index contributed by atoms with van der Waals surface area (Å²) >= 11 is 0. The van der Waals surface area contributed by atoms with Crippen molar-refractivity contribution in [3.05, 3.63) is 76.4 Å². The third-order valence-corrected chi connectivity index (χ3v) is 9.22. The van der Waals surface area contributed by atoms with Crippen molar-refractivity contribution in [3.8, 4) is 11.8 Å². The van der Waals surface area contributed by atoms with Crippen molar-refractivity contribution < 1.29 is 24.1 Å². The van der Waals surface area contributed by atoms with Crippen molar-refractivity contribution in [3.63, 3.8) is 0 Å². The van der Waals surface area contributed by atoms with Crippen LogP contribution in [0.2, 0.25) is 25.7 Å². The second-order valence-corrected chi connectivity index (χ2v) is 19.2. The molecule has 0 bridgehead atoms. The van der Waals surface area contributed by atoms with Crippen LogP contribution in [-0.4, -0.2) is 49.9 Å². The Hall–Kier alpha value is -2.69. The molecule has 1 saturated heterocycles. The van der Waals surface area contributed by atoms with E-state index in [1.54, 1.807) is 0 Å². The molecule has 1 heterocycles. The molecule has 5 nitrogen and oxygen atoms in total. The van der Waals surface area contributed by atoms with Gasteiger partial charge in [-0.25, -0.2) is 4.79 Å². The van der Waals surface area contributed by atoms with E-state index in [4.69, 9.17) is 14.2 Å². The van der Waals surface area contributed by atoms with Crippen LogP contribution >= 0.6 is 0 Å². The zero-order valence-electron chi connectivity index (χ0n) is 27.0. The lowest BCUT2D eigenvalue weighted by Gasteiger charge is -2.19. The summed E-state index contributed by atoms with van der Waals surface area (Å²) in [5.41, 5.74) is 4.62. The molecule has 1 N–H and O–H groups in total. The van der Waals surface area contributed by atoms with Gasteiger partial charge in [0.2, 0.25) is 0 Å². The molecule has 6 heteroatoms. The van der Waals surface area contributed by atoms with E-state index in [0.717, 1.165) is 29.2 Å². The lowest BCUT2D eigenvalue weighted by Crippen LogP contribution is -2.34. The first kappa shape index (κ1) is 33.8. The monoisotopic (exact) mass is 590 g/mol. The number of esters is 1. The van der Waals surface area contributed by atoms with Gasteiger partial charge in [-0.15, -0.1) is 0 Å². The lowest BCUT2D eigenvalue weighted by atomic mass is 9.89. The van der Waals surface area contributed by atoms with Crippen LogP contribution in [0.25, 0.3) is 6.08 Å². The van der Waals surface area contributed by atoms with Crippen molar-refractivity contribution in [2.24, 2.45) is 11.8 Å². The van der Waals surface area contributed by atoms with Gasteiger partial charge < -0.3 is 19.3 Å². The molecule has 0 amide bonds. The van der Waals surface area contributed by atoms with E-state index in [9.17, 15) is 9.90 Å². The summed E-state index contributed by atoms with van der Waals surface area (Å²) in [5, 5.41) is 11.1. The lowest BCUT2D eigenvalue weighted by molar-refractivity contribution is -0.151. The molecule has 0 saturated carbocycles. The molecule has 1 aliphatic heterocycles. The minimum Gasteiger partial charge on any atom is -0.462 e. The van der Waals surface area contributed by atoms with Crippen molar-refractivity contribution in [2.75, 3.05) is 6.61 Å². The molecule has 1 aliphatic rings. The van der Waals surface area contributed by atoms with Crippen LogP contribution in [0, 0.1) is 37.5 Å². The Morgan fingerprint density at radius 1 is 1.10 bits per heavy atom. The van der Waals surface area contributed by atoms with E-state index in [2.05, 4.69) is 57.5 Å². The number of hydrogen-bond donors (Lipinski definition) is 1. The van der Waals surface area contributed by atoms with Gasteiger partial charge in [-0.3, -0.25) is 0 Å². The molecule has 2 aromatic carbocycles. The average Bonchev–Trinajstić information content (AvgIpc) is 3.19. The second-order valence-electron chi connectivity index (χ2n) is 13.5. The molecule has 4 atom stereocenters. The zero-order chi connectivity index (χ0) is 31.1. The third-order valence-electron chi connectivity index (χ3n) is 7.52. The van der Waals surface area contributed by atoms with Gasteiger partial charge in [0.25, 0.3) is 0 Å². The molecule has 228 valence electrons. The second kappa shape index (κ2) is 14.7. The normalized spacial score (nSPS) is 19.9. The number of hydrogen-bond acceptors (Lipinski definition) is 5. The summed E-state index contributed by atoms with van der Waals surface area (Å²) in [4.78, 5) is 13.1. The van der Waals surface area contributed by atoms with E-state index in [1.807, 2.05) is 70.2 Å². The highest BCUT2D eigenvalue weighted by Gasteiger charge is 2.43. The Bertz CT molecular complexity index is 1280. The van der Waals surface area contributed by atoms with Gasteiger partial charge in [0, 0.05) is 14.0 Å². The number of aliphatic hydroxyl groups excluding tert-OH is 1. The van der Waals surface area contributed by atoms with Gasteiger partial charge in [-0.05, 0) is 69.2 Å². The molecule has 0 radical (unpaired) electrons. The van der Waals surface area contributed by atoms with Gasteiger partial charge in [0.05, 0.1) is 18.3 Å². The molecule has 0 aromatic heterocycles. The standard InChI is InChI=1S/C36H50O5Si/c1-25(2)29(24-28-14-11-10-12-15-28)18-19-31(37)34-32(40-36(5,6)41-34)17-13-16-30-23-26(3)22-27(4)33(30)35(38)39-20-21-42(7,8)9/h10-16,22-23,25,29,31-32,34,37H,17,20-21,24H2,1-9H3/b16-13+/t29-,31?,32+,34-/m1/s1. The minimum atomic E-state index is -1.31. The number of aryl methyl sites for hydroxylation is 2. The van der Waals surface area contributed by atoms with E-state index >= 15 is 0 Å². The van der Waals surface area contributed by atoms with E-state index in [1.165, 1.54) is 5.56 Å². The first-order chi connectivity index (χ1) is 19.6. The fourth-order valence-electron chi connectivity index (χ4n) is 5.17. The fraction of sp³-hybridized carbons (Fsp3) is 0.528. The Morgan fingerprint density at radius 3 is 2.43 bits per heavy atom. The molecule has 0 spiro atoms. The number of carbonyl (C=O) groups is 1. The summed E-state index contributed by atoms with van der Waals surface area (Å²) < 4.78 is 18.0. The summed E-state index contributed by atoms with van der Waals surface area (Å²) in [5.74, 6) is 5.76. The summed E-state index contributed by atoms with van der Waals surface area (Å²) in [6.07, 6.45) is 3.31. The predicted octanol–water partition coefficient (Wildman–Crippen LogP) is 7.60.